The Morgan fingerprint density at radius 1 is 0.944 bits per heavy atom. The van der Waals surface area contributed by atoms with Crippen LogP contribution in [0.3, 0.4) is 0 Å². The first kappa shape index (κ1) is 14.3. The van der Waals surface area contributed by atoms with Crippen molar-refractivity contribution < 1.29 is 0 Å². The van der Waals surface area contributed by atoms with Crippen LogP contribution in [0.5, 0.6) is 0 Å². The molecule has 0 radical (unpaired) electrons. The van der Waals surface area contributed by atoms with E-state index in [0.29, 0.717) is 6.04 Å². The Labute approximate surface area is 114 Å². The van der Waals surface area contributed by atoms with Gasteiger partial charge >= 0.3 is 0 Å². The summed E-state index contributed by atoms with van der Waals surface area (Å²) in [5.41, 5.74) is 0. The molecule has 2 aliphatic carbocycles. The summed E-state index contributed by atoms with van der Waals surface area (Å²) in [6, 6.07) is 1.34. The first-order valence-electron chi connectivity index (χ1n) is 8.03. The molecule has 106 valence electrons. The minimum absolute atomic E-state index is 0.611. The SMILES string of the molecule is CC(C)NCC(C)C(C)N(CC1CC1)CC1CC1. The number of rotatable bonds is 9. The van der Waals surface area contributed by atoms with E-state index in [9.17, 15) is 0 Å². The zero-order chi connectivity index (χ0) is 13.1. The number of hydrogen-bond acceptors (Lipinski definition) is 2. The molecule has 2 saturated carbocycles. The Balaban J connectivity index is 1.78. The smallest absolute Gasteiger partial charge is 0.0105 e. The van der Waals surface area contributed by atoms with Gasteiger partial charge in [-0.05, 0) is 56.9 Å². The lowest BCUT2D eigenvalue weighted by Gasteiger charge is -2.34. The van der Waals surface area contributed by atoms with Crippen LogP contribution in [0.2, 0.25) is 0 Å². The summed E-state index contributed by atoms with van der Waals surface area (Å²) >= 11 is 0. The van der Waals surface area contributed by atoms with E-state index in [-0.39, 0.29) is 0 Å². The molecule has 2 atom stereocenters. The van der Waals surface area contributed by atoms with Crippen molar-refractivity contribution in [3.05, 3.63) is 0 Å². The Hall–Kier alpha value is -0.0800. The normalized spacial score (nSPS) is 23.7. The fraction of sp³-hybridized carbons (Fsp3) is 1.00. The zero-order valence-electron chi connectivity index (χ0n) is 12.8. The molecule has 2 fully saturated rings. The highest BCUT2D eigenvalue weighted by Gasteiger charge is 2.32. The van der Waals surface area contributed by atoms with Crippen molar-refractivity contribution in [2.75, 3.05) is 19.6 Å². The Kier molecular flexibility index (Phi) is 5.08. The van der Waals surface area contributed by atoms with Crippen LogP contribution in [0, 0.1) is 17.8 Å². The van der Waals surface area contributed by atoms with Crippen LogP contribution in [-0.2, 0) is 0 Å². The quantitative estimate of drug-likeness (QED) is 0.678. The minimum atomic E-state index is 0.611. The van der Waals surface area contributed by atoms with Crippen molar-refractivity contribution in [2.45, 2.75) is 65.5 Å². The molecular formula is C16H32N2. The second kappa shape index (κ2) is 6.38. The van der Waals surface area contributed by atoms with Gasteiger partial charge in [-0.3, -0.25) is 4.90 Å². The van der Waals surface area contributed by atoms with Gasteiger partial charge in [0.1, 0.15) is 0 Å². The third kappa shape index (κ3) is 4.89. The number of hydrogen-bond donors (Lipinski definition) is 1. The standard InChI is InChI=1S/C16H32N2/c1-12(2)17-9-13(3)14(4)18(10-15-5-6-15)11-16-7-8-16/h12-17H,5-11H2,1-4H3. The average Bonchev–Trinajstić information content (AvgIpc) is 3.18. The molecule has 1 N–H and O–H groups in total. The second-order valence-corrected chi connectivity index (χ2v) is 7.12. The summed E-state index contributed by atoms with van der Waals surface area (Å²) in [5, 5.41) is 3.59. The van der Waals surface area contributed by atoms with E-state index in [1.54, 1.807) is 0 Å². The second-order valence-electron chi connectivity index (χ2n) is 7.12. The van der Waals surface area contributed by atoms with Gasteiger partial charge < -0.3 is 5.32 Å². The summed E-state index contributed by atoms with van der Waals surface area (Å²) in [5.74, 6) is 2.80. The highest BCUT2D eigenvalue weighted by Crippen LogP contribution is 2.35. The van der Waals surface area contributed by atoms with Crippen LogP contribution in [0.25, 0.3) is 0 Å². The monoisotopic (exact) mass is 252 g/mol. The summed E-state index contributed by atoms with van der Waals surface area (Å²) in [6.07, 6.45) is 5.91. The fourth-order valence-electron chi connectivity index (χ4n) is 2.62. The molecule has 0 aromatic rings. The third-order valence-corrected chi connectivity index (χ3v) is 4.63. The summed E-state index contributed by atoms with van der Waals surface area (Å²) in [7, 11) is 0. The molecule has 2 aliphatic rings. The maximum absolute atomic E-state index is 3.59. The van der Waals surface area contributed by atoms with E-state index < -0.39 is 0 Å². The predicted octanol–water partition coefficient (Wildman–Crippen LogP) is 3.13. The highest BCUT2D eigenvalue weighted by molar-refractivity contribution is 4.86. The fourth-order valence-corrected chi connectivity index (χ4v) is 2.62. The van der Waals surface area contributed by atoms with E-state index >= 15 is 0 Å². The van der Waals surface area contributed by atoms with Crippen LogP contribution in [-0.4, -0.2) is 36.6 Å². The predicted molar refractivity (Wildman–Crippen MR) is 78.8 cm³/mol. The first-order valence-corrected chi connectivity index (χ1v) is 8.03. The van der Waals surface area contributed by atoms with E-state index in [1.807, 2.05) is 0 Å². The van der Waals surface area contributed by atoms with Crippen molar-refractivity contribution in [3.8, 4) is 0 Å². The van der Waals surface area contributed by atoms with Crippen LogP contribution in [0.4, 0.5) is 0 Å². The van der Waals surface area contributed by atoms with Crippen molar-refractivity contribution >= 4 is 0 Å². The largest absolute Gasteiger partial charge is 0.314 e. The molecule has 2 nitrogen and oxygen atoms in total. The Morgan fingerprint density at radius 3 is 1.83 bits per heavy atom. The van der Waals surface area contributed by atoms with Gasteiger partial charge in [0.2, 0.25) is 0 Å². The van der Waals surface area contributed by atoms with Crippen LogP contribution >= 0.6 is 0 Å². The average molecular weight is 252 g/mol. The van der Waals surface area contributed by atoms with Gasteiger partial charge in [0.15, 0.2) is 0 Å². The number of nitrogens with zero attached hydrogens (tertiary/aromatic N) is 1. The summed E-state index contributed by atoms with van der Waals surface area (Å²) in [4.78, 5) is 2.79. The third-order valence-electron chi connectivity index (χ3n) is 4.63. The highest BCUT2D eigenvalue weighted by atomic mass is 15.2. The minimum Gasteiger partial charge on any atom is -0.314 e. The lowest BCUT2D eigenvalue weighted by Crippen LogP contribution is -2.44. The van der Waals surface area contributed by atoms with Crippen molar-refractivity contribution in [1.82, 2.24) is 10.2 Å². The van der Waals surface area contributed by atoms with E-state index in [2.05, 4.69) is 37.9 Å². The molecule has 0 spiro atoms. The first-order chi connectivity index (χ1) is 8.56. The molecule has 0 saturated heterocycles. The zero-order valence-corrected chi connectivity index (χ0v) is 12.8. The van der Waals surface area contributed by atoms with Crippen LogP contribution in [0.1, 0.15) is 53.4 Å². The molecule has 2 heteroatoms. The van der Waals surface area contributed by atoms with Gasteiger partial charge in [-0.2, -0.15) is 0 Å². The van der Waals surface area contributed by atoms with Gasteiger partial charge in [-0.25, -0.2) is 0 Å². The van der Waals surface area contributed by atoms with Crippen molar-refractivity contribution in [2.24, 2.45) is 17.8 Å². The van der Waals surface area contributed by atoms with Crippen molar-refractivity contribution in [3.63, 3.8) is 0 Å². The Bertz CT molecular complexity index is 229. The van der Waals surface area contributed by atoms with Crippen LogP contribution in [0.15, 0.2) is 0 Å². The summed E-state index contributed by atoms with van der Waals surface area (Å²) < 4.78 is 0. The summed E-state index contributed by atoms with van der Waals surface area (Å²) in [6.45, 7) is 13.2. The van der Waals surface area contributed by atoms with Crippen molar-refractivity contribution in [1.29, 1.82) is 0 Å². The molecule has 2 unspecified atom stereocenters. The van der Waals surface area contributed by atoms with Gasteiger partial charge in [-0.15, -0.1) is 0 Å². The topological polar surface area (TPSA) is 15.3 Å². The lowest BCUT2D eigenvalue weighted by molar-refractivity contribution is 0.145. The maximum Gasteiger partial charge on any atom is 0.0105 e. The molecule has 2 rings (SSSR count). The van der Waals surface area contributed by atoms with E-state index in [4.69, 9.17) is 0 Å². The molecular weight excluding hydrogens is 220 g/mol. The molecule has 0 aromatic heterocycles. The molecule has 0 bridgehead atoms. The van der Waals surface area contributed by atoms with Gasteiger partial charge in [0.25, 0.3) is 0 Å². The molecule has 0 aromatic carbocycles. The molecule has 18 heavy (non-hydrogen) atoms. The number of nitrogens with one attached hydrogen (secondary N) is 1. The molecule has 0 aliphatic heterocycles. The van der Waals surface area contributed by atoms with Gasteiger partial charge in [0, 0.05) is 25.2 Å². The lowest BCUT2D eigenvalue weighted by atomic mass is 10.0. The maximum atomic E-state index is 3.59. The van der Waals surface area contributed by atoms with Crippen LogP contribution < -0.4 is 5.32 Å². The van der Waals surface area contributed by atoms with E-state index in [1.165, 1.54) is 38.8 Å². The molecule has 0 heterocycles. The molecule has 0 amide bonds. The Morgan fingerprint density at radius 2 is 1.44 bits per heavy atom. The van der Waals surface area contributed by atoms with Gasteiger partial charge in [-0.1, -0.05) is 20.8 Å². The van der Waals surface area contributed by atoms with E-state index in [0.717, 1.165) is 30.3 Å². The van der Waals surface area contributed by atoms with Gasteiger partial charge in [0.05, 0.1) is 0 Å².